The number of methoxy groups -OCH3 is 1. The van der Waals surface area contributed by atoms with Gasteiger partial charge in [0.15, 0.2) is 0 Å². The first-order valence-electron chi connectivity index (χ1n) is 8.03. The minimum Gasteiger partial charge on any atom is -0.496 e. The highest BCUT2D eigenvalue weighted by atomic mass is 16.6. The van der Waals surface area contributed by atoms with Gasteiger partial charge in [-0.2, -0.15) is 9.78 Å². The third kappa shape index (κ3) is 4.27. The Labute approximate surface area is 154 Å². The summed E-state index contributed by atoms with van der Waals surface area (Å²) in [6.45, 7) is 0.298. The van der Waals surface area contributed by atoms with Crippen LogP contribution in [0, 0.1) is 10.1 Å². The number of ketones is 1. The molecule has 0 N–H and O–H groups in total. The van der Waals surface area contributed by atoms with Gasteiger partial charge in [-0.25, -0.2) is 0 Å². The summed E-state index contributed by atoms with van der Waals surface area (Å²) in [6, 6.07) is 8.42. The number of ether oxygens (including phenoxy) is 1. The molecule has 0 aliphatic rings. The fraction of sp³-hybridized carbons (Fsp3) is 0.167. The Morgan fingerprint density at radius 3 is 2.70 bits per heavy atom. The third-order valence-electron chi connectivity index (χ3n) is 3.84. The zero-order chi connectivity index (χ0) is 19.4. The van der Waals surface area contributed by atoms with Crippen molar-refractivity contribution in [1.29, 1.82) is 0 Å². The monoisotopic (exact) mass is 367 g/mol. The lowest BCUT2D eigenvalue weighted by atomic mass is 10.1. The normalized spacial score (nSPS) is 11.0. The summed E-state index contributed by atoms with van der Waals surface area (Å²) in [5, 5.41) is 18.7. The average Bonchev–Trinajstić information content (AvgIpc) is 3.29. The number of hydrogen-bond donors (Lipinski definition) is 0. The Hall–Kier alpha value is -3.75. The summed E-state index contributed by atoms with van der Waals surface area (Å²) in [5.41, 5.74) is 1.94. The molecule has 0 saturated carbocycles. The van der Waals surface area contributed by atoms with Crippen LogP contribution in [0.3, 0.4) is 0 Å². The number of carbonyl (C=O) groups is 1. The van der Waals surface area contributed by atoms with Crippen LogP contribution in [0.1, 0.15) is 21.6 Å². The van der Waals surface area contributed by atoms with Crippen molar-refractivity contribution < 1.29 is 14.5 Å². The van der Waals surface area contributed by atoms with E-state index in [1.165, 1.54) is 23.0 Å². The summed E-state index contributed by atoms with van der Waals surface area (Å²) in [6.07, 6.45) is 6.37. The Morgan fingerprint density at radius 2 is 2.07 bits per heavy atom. The van der Waals surface area contributed by atoms with Gasteiger partial charge in [-0.3, -0.25) is 9.48 Å². The van der Waals surface area contributed by atoms with E-state index < -0.39 is 4.92 Å². The van der Waals surface area contributed by atoms with Crippen molar-refractivity contribution in [2.45, 2.75) is 6.54 Å². The Kier molecular flexibility index (Phi) is 5.11. The second kappa shape index (κ2) is 7.65. The fourth-order valence-electron chi connectivity index (χ4n) is 2.54. The second-order valence-electron chi connectivity index (χ2n) is 5.77. The van der Waals surface area contributed by atoms with Crippen molar-refractivity contribution in [2.24, 2.45) is 7.05 Å². The first kappa shape index (κ1) is 18.1. The first-order chi connectivity index (χ1) is 13.0. The molecule has 3 aromatic rings. The quantitative estimate of drug-likeness (QED) is 0.275. The molecule has 2 heterocycles. The van der Waals surface area contributed by atoms with Gasteiger partial charge in [0.2, 0.25) is 5.78 Å². The van der Waals surface area contributed by atoms with E-state index in [1.54, 1.807) is 43.2 Å². The molecule has 0 amide bonds. The molecule has 1 aromatic carbocycles. The lowest BCUT2D eigenvalue weighted by Crippen LogP contribution is -2.03. The summed E-state index contributed by atoms with van der Waals surface area (Å²) in [5.74, 6) is 0.211. The maximum atomic E-state index is 12.1. The van der Waals surface area contributed by atoms with E-state index in [0.717, 1.165) is 11.1 Å². The molecule has 0 radical (unpaired) electrons. The van der Waals surface area contributed by atoms with Crippen molar-refractivity contribution >= 4 is 17.7 Å². The van der Waals surface area contributed by atoms with Crippen molar-refractivity contribution in [3.8, 4) is 5.75 Å². The molecular formula is C18H17N5O4. The lowest BCUT2D eigenvalue weighted by Gasteiger charge is -2.08. The van der Waals surface area contributed by atoms with Crippen LogP contribution in [0.4, 0.5) is 5.82 Å². The molecule has 0 unspecified atom stereocenters. The van der Waals surface area contributed by atoms with Crippen molar-refractivity contribution in [3.05, 3.63) is 75.7 Å². The van der Waals surface area contributed by atoms with Crippen LogP contribution in [0.15, 0.2) is 48.8 Å². The Morgan fingerprint density at radius 1 is 1.26 bits per heavy atom. The van der Waals surface area contributed by atoms with E-state index in [2.05, 4.69) is 10.2 Å². The molecule has 0 aliphatic carbocycles. The zero-order valence-corrected chi connectivity index (χ0v) is 14.8. The van der Waals surface area contributed by atoms with Gasteiger partial charge in [-0.15, -0.1) is 0 Å². The van der Waals surface area contributed by atoms with Gasteiger partial charge >= 0.3 is 5.82 Å². The highest BCUT2D eigenvalue weighted by molar-refractivity contribution is 6.05. The molecule has 0 fully saturated rings. The van der Waals surface area contributed by atoms with Crippen LogP contribution in [0.25, 0.3) is 6.08 Å². The number of aromatic nitrogens is 4. The van der Waals surface area contributed by atoms with E-state index in [9.17, 15) is 14.9 Å². The predicted molar refractivity (Wildman–Crippen MR) is 97.5 cm³/mol. The minimum absolute atomic E-state index is 0.198. The molecule has 0 atom stereocenters. The van der Waals surface area contributed by atoms with Gasteiger partial charge < -0.3 is 14.9 Å². The SMILES string of the molecule is COc1ccc(/C=C/C(=O)c2ccn(C)n2)cc1Cn1ccc([N+](=O)[O-])n1. The van der Waals surface area contributed by atoms with E-state index in [4.69, 9.17) is 4.74 Å². The largest absolute Gasteiger partial charge is 0.496 e. The number of carbonyl (C=O) groups excluding carboxylic acids is 1. The summed E-state index contributed by atoms with van der Waals surface area (Å²) < 4.78 is 8.37. The molecule has 9 heteroatoms. The smallest absolute Gasteiger partial charge is 0.389 e. The van der Waals surface area contributed by atoms with E-state index in [-0.39, 0.29) is 11.6 Å². The number of aryl methyl sites for hydroxylation is 1. The average molecular weight is 367 g/mol. The number of benzene rings is 1. The zero-order valence-electron chi connectivity index (χ0n) is 14.8. The van der Waals surface area contributed by atoms with E-state index >= 15 is 0 Å². The molecule has 2 aromatic heterocycles. The number of hydrogen-bond acceptors (Lipinski definition) is 6. The topological polar surface area (TPSA) is 105 Å². The van der Waals surface area contributed by atoms with Gasteiger partial charge in [0.1, 0.15) is 11.4 Å². The number of nitro groups is 1. The van der Waals surface area contributed by atoms with Gasteiger partial charge in [-0.05, 0) is 34.8 Å². The lowest BCUT2D eigenvalue weighted by molar-refractivity contribution is -0.389. The highest BCUT2D eigenvalue weighted by Crippen LogP contribution is 2.22. The summed E-state index contributed by atoms with van der Waals surface area (Å²) >= 11 is 0. The van der Waals surface area contributed by atoms with Crippen LogP contribution < -0.4 is 4.74 Å². The van der Waals surface area contributed by atoms with Crippen LogP contribution in [-0.4, -0.2) is 37.4 Å². The van der Waals surface area contributed by atoms with Crippen LogP contribution in [-0.2, 0) is 13.6 Å². The van der Waals surface area contributed by atoms with Gasteiger partial charge in [0.25, 0.3) is 0 Å². The minimum atomic E-state index is -0.546. The van der Waals surface area contributed by atoms with Crippen molar-refractivity contribution in [3.63, 3.8) is 0 Å². The second-order valence-corrected chi connectivity index (χ2v) is 5.77. The Balaban J connectivity index is 1.81. The maximum Gasteiger partial charge on any atom is 0.389 e. The predicted octanol–water partition coefficient (Wildman–Crippen LogP) is 2.48. The molecule has 3 rings (SSSR count). The third-order valence-corrected chi connectivity index (χ3v) is 3.84. The highest BCUT2D eigenvalue weighted by Gasteiger charge is 2.13. The van der Waals surface area contributed by atoms with Crippen molar-refractivity contribution in [2.75, 3.05) is 7.11 Å². The number of allylic oxidation sites excluding steroid dienone is 1. The standard InChI is InChI=1S/C18H17N5O4/c1-21-9-7-15(19-21)16(24)5-3-13-4-6-17(27-2)14(11-13)12-22-10-8-18(20-22)23(25)26/h3-11H,12H2,1-2H3/b5-3+. The number of rotatable bonds is 7. The molecule has 0 saturated heterocycles. The number of nitrogens with zero attached hydrogens (tertiary/aromatic N) is 5. The van der Waals surface area contributed by atoms with Crippen molar-refractivity contribution in [1.82, 2.24) is 19.6 Å². The van der Waals surface area contributed by atoms with Gasteiger partial charge in [0, 0.05) is 18.8 Å². The summed E-state index contributed by atoms with van der Waals surface area (Å²) in [4.78, 5) is 22.4. The maximum absolute atomic E-state index is 12.1. The van der Waals surface area contributed by atoms with Gasteiger partial charge in [-0.1, -0.05) is 12.1 Å². The first-order valence-corrected chi connectivity index (χ1v) is 8.03. The van der Waals surface area contributed by atoms with Crippen LogP contribution in [0.2, 0.25) is 0 Å². The molecular weight excluding hydrogens is 350 g/mol. The Bertz CT molecular complexity index is 1020. The molecule has 138 valence electrons. The van der Waals surface area contributed by atoms with Gasteiger partial charge in [0.05, 0.1) is 31.0 Å². The molecule has 27 heavy (non-hydrogen) atoms. The van der Waals surface area contributed by atoms with E-state index in [1.807, 2.05) is 12.1 Å². The fourth-order valence-corrected chi connectivity index (χ4v) is 2.54. The van der Waals surface area contributed by atoms with Crippen LogP contribution in [0.5, 0.6) is 5.75 Å². The summed E-state index contributed by atoms with van der Waals surface area (Å²) in [7, 11) is 3.29. The molecule has 9 nitrogen and oxygen atoms in total. The van der Waals surface area contributed by atoms with E-state index in [0.29, 0.717) is 18.0 Å². The molecule has 0 aliphatic heterocycles. The molecule has 0 bridgehead atoms. The molecule has 0 spiro atoms. The van der Waals surface area contributed by atoms with Crippen LogP contribution >= 0.6 is 0 Å².